The number of thiazole rings is 1. The third kappa shape index (κ3) is 2.79. The van der Waals surface area contributed by atoms with Crippen molar-refractivity contribution in [1.82, 2.24) is 10.3 Å². The van der Waals surface area contributed by atoms with Crippen LogP contribution in [-0.2, 0) is 0 Å². The van der Waals surface area contributed by atoms with Crippen molar-refractivity contribution in [2.75, 3.05) is 13.2 Å². The molecule has 17 heavy (non-hydrogen) atoms. The number of nitrogens with one attached hydrogen (secondary N) is 1. The molecule has 0 aliphatic carbocycles. The largest absolute Gasteiger partial charge is 0.394 e. The highest BCUT2D eigenvalue weighted by Gasteiger charge is 2.09. The lowest BCUT2D eigenvalue weighted by Crippen LogP contribution is -2.33. The van der Waals surface area contributed by atoms with Crippen molar-refractivity contribution < 1.29 is 15.0 Å². The lowest BCUT2D eigenvalue weighted by Gasteiger charge is -2.08. The van der Waals surface area contributed by atoms with Crippen LogP contribution in [0.1, 0.15) is 10.4 Å². The van der Waals surface area contributed by atoms with E-state index in [1.165, 1.54) is 11.3 Å². The molecule has 6 heteroatoms. The van der Waals surface area contributed by atoms with Crippen LogP contribution < -0.4 is 5.32 Å². The van der Waals surface area contributed by atoms with Crippen LogP contribution in [0.4, 0.5) is 0 Å². The Bertz CT molecular complexity index is 526. The molecule has 0 aliphatic heterocycles. The molecule has 1 amide bonds. The van der Waals surface area contributed by atoms with Gasteiger partial charge in [0.15, 0.2) is 0 Å². The third-order valence-electron chi connectivity index (χ3n) is 2.30. The summed E-state index contributed by atoms with van der Waals surface area (Å²) in [6, 6.07) is 5.22. The first kappa shape index (κ1) is 12.0. The zero-order chi connectivity index (χ0) is 12.3. The number of hydrogen-bond donors (Lipinski definition) is 3. The molecule has 0 saturated carbocycles. The predicted molar refractivity (Wildman–Crippen MR) is 65.0 cm³/mol. The fourth-order valence-corrected chi connectivity index (χ4v) is 2.09. The smallest absolute Gasteiger partial charge is 0.251 e. The van der Waals surface area contributed by atoms with E-state index in [1.54, 1.807) is 23.7 Å². The van der Waals surface area contributed by atoms with Crippen LogP contribution in [0.25, 0.3) is 10.2 Å². The molecule has 0 radical (unpaired) electrons. The number of aromatic nitrogens is 1. The average Bonchev–Trinajstić information content (AvgIpc) is 2.82. The predicted octanol–water partition coefficient (Wildman–Crippen LogP) is 0.379. The van der Waals surface area contributed by atoms with E-state index < -0.39 is 6.10 Å². The second-order valence-electron chi connectivity index (χ2n) is 3.58. The summed E-state index contributed by atoms with van der Waals surface area (Å²) < 4.78 is 0.945. The van der Waals surface area contributed by atoms with Gasteiger partial charge in [-0.3, -0.25) is 4.79 Å². The molecule has 1 aromatic heterocycles. The summed E-state index contributed by atoms with van der Waals surface area (Å²) in [5.41, 5.74) is 3.11. The monoisotopic (exact) mass is 252 g/mol. The van der Waals surface area contributed by atoms with Gasteiger partial charge in [-0.05, 0) is 18.2 Å². The number of rotatable bonds is 4. The Balaban J connectivity index is 2.08. The van der Waals surface area contributed by atoms with Crippen LogP contribution in [-0.4, -0.2) is 40.4 Å². The molecule has 0 bridgehead atoms. The molecule has 0 fully saturated rings. The maximum absolute atomic E-state index is 11.7. The number of aliphatic hydroxyl groups excluding tert-OH is 2. The summed E-state index contributed by atoms with van der Waals surface area (Å²) in [5.74, 6) is -0.271. The number of amides is 1. The van der Waals surface area contributed by atoms with E-state index in [9.17, 15) is 4.79 Å². The van der Waals surface area contributed by atoms with E-state index in [-0.39, 0.29) is 19.1 Å². The number of nitrogens with zero attached hydrogens (tertiary/aromatic N) is 1. The van der Waals surface area contributed by atoms with E-state index in [2.05, 4.69) is 10.3 Å². The van der Waals surface area contributed by atoms with Gasteiger partial charge in [-0.15, -0.1) is 11.3 Å². The molecule has 3 N–H and O–H groups in total. The Morgan fingerprint density at radius 2 is 2.35 bits per heavy atom. The zero-order valence-electron chi connectivity index (χ0n) is 8.96. The van der Waals surface area contributed by atoms with Crippen molar-refractivity contribution in [3.8, 4) is 0 Å². The molecule has 0 spiro atoms. The maximum atomic E-state index is 11.7. The number of aliphatic hydroxyl groups is 2. The summed E-state index contributed by atoms with van der Waals surface area (Å²) in [6.07, 6.45) is -0.925. The van der Waals surface area contributed by atoms with E-state index in [0.29, 0.717) is 5.56 Å². The molecule has 5 nitrogen and oxygen atoms in total. The Morgan fingerprint density at radius 1 is 1.53 bits per heavy atom. The quantitative estimate of drug-likeness (QED) is 0.734. The van der Waals surface area contributed by atoms with E-state index in [4.69, 9.17) is 10.2 Å². The first-order valence-corrected chi connectivity index (χ1v) is 5.99. The molecule has 90 valence electrons. The molecule has 1 atom stereocenters. The SMILES string of the molecule is O=C(NCC(O)CO)c1ccc2ncsc2c1. The Morgan fingerprint density at radius 3 is 3.12 bits per heavy atom. The van der Waals surface area contributed by atoms with E-state index >= 15 is 0 Å². The van der Waals surface area contributed by atoms with Gasteiger partial charge in [-0.2, -0.15) is 0 Å². The van der Waals surface area contributed by atoms with Gasteiger partial charge in [0.1, 0.15) is 0 Å². The Labute approximate surface area is 102 Å². The zero-order valence-corrected chi connectivity index (χ0v) is 9.78. The molecule has 1 heterocycles. The minimum Gasteiger partial charge on any atom is -0.394 e. The fraction of sp³-hybridized carbons (Fsp3) is 0.273. The number of benzene rings is 1. The fourth-order valence-electron chi connectivity index (χ4n) is 1.37. The summed E-state index contributed by atoms with van der Waals surface area (Å²) >= 11 is 1.47. The Kier molecular flexibility index (Phi) is 3.68. The standard InChI is InChI=1S/C11H12N2O3S/c14-5-8(15)4-12-11(16)7-1-2-9-10(3-7)17-6-13-9/h1-3,6,8,14-15H,4-5H2,(H,12,16). The van der Waals surface area contributed by atoms with Crippen molar-refractivity contribution in [2.45, 2.75) is 6.10 Å². The minimum absolute atomic E-state index is 0.0378. The van der Waals surface area contributed by atoms with Gasteiger partial charge in [-0.25, -0.2) is 4.98 Å². The minimum atomic E-state index is -0.925. The van der Waals surface area contributed by atoms with E-state index in [1.807, 2.05) is 0 Å². The highest BCUT2D eigenvalue weighted by molar-refractivity contribution is 7.16. The van der Waals surface area contributed by atoms with Crippen molar-refractivity contribution in [2.24, 2.45) is 0 Å². The van der Waals surface area contributed by atoms with Crippen LogP contribution in [0.5, 0.6) is 0 Å². The number of hydrogen-bond acceptors (Lipinski definition) is 5. The molecule has 0 saturated heterocycles. The van der Waals surface area contributed by atoms with Crippen molar-refractivity contribution in [1.29, 1.82) is 0 Å². The first-order valence-electron chi connectivity index (χ1n) is 5.11. The average molecular weight is 252 g/mol. The molecule has 2 aromatic rings. The number of carbonyl (C=O) groups excluding carboxylic acids is 1. The normalized spacial score (nSPS) is 12.6. The van der Waals surface area contributed by atoms with Crippen LogP contribution in [0, 0.1) is 0 Å². The van der Waals surface area contributed by atoms with Crippen LogP contribution >= 0.6 is 11.3 Å². The van der Waals surface area contributed by atoms with Crippen molar-refractivity contribution >= 4 is 27.5 Å². The Hall–Kier alpha value is -1.50. The number of carbonyl (C=O) groups is 1. The summed E-state index contributed by atoms with van der Waals surface area (Å²) in [7, 11) is 0. The molecule has 2 rings (SSSR count). The second-order valence-corrected chi connectivity index (χ2v) is 4.47. The lowest BCUT2D eigenvalue weighted by atomic mass is 10.2. The van der Waals surface area contributed by atoms with Gasteiger partial charge < -0.3 is 15.5 Å². The van der Waals surface area contributed by atoms with Gasteiger partial charge in [0.05, 0.1) is 28.4 Å². The number of fused-ring (bicyclic) bond motifs is 1. The first-order chi connectivity index (χ1) is 8.20. The highest BCUT2D eigenvalue weighted by atomic mass is 32.1. The lowest BCUT2D eigenvalue weighted by molar-refractivity contribution is 0.0802. The summed E-state index contributed by atoms with van der Waals surface area (Å²) in [6.45, 7) is -0.329. The van der Waals surface area contributed by atoms with E-state index in [0.717, 1.165) is 10.2 Å². The van der Waals surface area contributed by atoms with Gasteiger partial charge in [0.25, 0.3) is 5.91 Å². The van der Waals surface area contributed by atoms with Gasteiger partial charge in [0, 0.05) is 12.1 Å². The van der Waals surface area contributed by atoms with Crippen molar-refractivity contribution in [3.05, 3.63) is 29.3 Å². The van der Waals surface area contributed by atoms with Crippen LogP contribution in [0.3, 0.4) is 0 Å². The molecular formula is C11H12N2O3S. The molecule has 1 unspecified atom stereocenters. The van der Waals surface area contributed by atoms with Gasteiger partial charge >= 0.3 is 0 Å². The molecule has 1 aromatic carbocycles. The van der Waals surface area contributed by atoms with Gasteiger partial charge in [-0.1, -0.05) is 0 Å². The van der Waals surface area contributed by atoms with Crippen LogP contribution in [0.2, 0.25) is 0 Å². The maximum Gasteiger partial charge on any atom is 0.251 e. The van der Waals surface area contributed by atoms with Gasteiger partial charge in [0.2, 0.25) is 0 Å². The molecule has 0 aliphatic rings. The third-order valence-corrected chi connectivity index (χ3v) is 3.09. The summed E-state index contributed by atoms with van der Waals surface area (Å²) in [4.78, 5) is 15.8. The van der Waals surface area contributed by atoms with Crippen LogP contribution in [0.15, 0.2) is 23.7 Å². The molecular weight excluding hydrogens is 240 g/mol. The second kappa shape index (κ2) is 5.22. The summed E-state index contributed by atoms with van der Waals surface area (Å²) in [5, 5.41) is 20.3. The topological polar surface area (TPSA) is 82.5 Å². The van der Waals surface area contributed by atoms with Crippen molar-refractivity contribution in [3.63, 3.8) is 0 Å². The highest BCUT2D eigenvalue weighted by Crippen LogP contribution is 2.18.